The van der Waals surface area contributed by atoms with Crippen LogP contribution in [0.15, 0.2) is 41.3 Å². The minimum atomic E-state index is -4.05. The summed E-state index contributed by atoms with van der Waals surface area (Å²) in [4.78, 5) is 22.3. The van der Waals surface area contributed by atoms with Crippen LogP contribution in [0.25, 0.3) is 0 Å². The van der Waals surface area contributed by atoms with Crippen molar-refractivity contribution >= 4 is 21.7 Å². The molecular weight excluding hydrogens is 428 g/mol. The smallest absolute Gasteiger partial charge is 0.307 e. The molecule has 0 bridgehead atoms. The predicted molar refractivity (Wildman–Crippen MR) is 110 cm³/mol. The predicted octanol–water partition coefficient (Wildman–Crippen LogP) is 2.46. The number of hydrogen-bond acceptors (Lipinski definition) is 8. The Kier molecular flexibility index (Phi) is 6.46. The molecule has 2 aromatic rings. The summed E-state index contributed by atoms with van der Waals surface area (Å²) >= 11 is 0. The monoisotopic (exact) mass is 450 g/mol. The molecule has 0 amide bonds. The van der Waals surface area contributed by atoms with Crippen LogP contribution in [0.1, 0.15) is 23.6 Å². The zero-order valence-corrected chi connectivity index (χ0v) is 18.0. The number of sulfonamides is 1. The molecule has 0 N–H and O–H groups in total. The molecule has 0 fully saturated rings. The van der Waals surface area contributed by atoms with E-state index in [4.69, 9.17) is 14.2 Å². The Hall–Kier alpha value is -3.18. The van der Waals surface area contributed by atoms with E-state index in [2.05, 4.69) is 0 Å². The summed E-state index contributed by atoms with van der Waals surface area (Å²) in [5.41, 5.74) is 1.23. The average Bonchev–Trinajstić information content (AvgIpc) is 2.77. The second-order valence-corrected chi connectivity index (χ2v) is 8.71. The van der Waals surface area contributed by atoms with Crippen molar-refractivity contribution in [1.29, 1.82) is 0 Å². The second-order valence-electron chi connectivity index (χ2n) is 6.82. The lowest BCUT2D eigenvalue weighted by molar-refractivity contribution is -0.384. The standard InChI is InChI=1S/C20H22N2O8S/c1-28-18-10-13-8-9-21(17(12-20(23)30-3)16(13)11-19(18)29-2)31(26,27)15-6-4-14(5-7-15)22(24)25/h4-7,10-11,17H,8-9,12H2,1-3H3. The molecule has 1 aliphatic rings. The molecule has 0 aliphatic carbocycles. The molecule has 10 nitrogen and oxygen atoms in total. The van der Waals surface area contributed by atoms with Crippen molar-refractivity contribution in [2.75, 3.05) is 27.9 Å². The molecule has 1 aliphatic heterocycles. The zero-order chi connectivity index (χ0) is 22.8. The molecule has 3 rings (SSSR count). The van der Waals surface area contributed by atoms with Crippen molar-refractivity contribution in [3.8, 4) is 11.5 Å². The van der Waals surface area contributed by atoms with Gasteiger partial charge in [0, 0.05) is 18.7 Å². The maximum atomic E-state index is 13.4. The van der Waals surface area contributed by atoms with Gasteiger partial charge in [0.2, 0.25) is 10.0 Å². The molecule has 1 unspecified atom stereocenters. The highest BCUT2D eigenvalue weighted by Gasteiger charge is 2.38. The number of methoxy groups -OCH3 is 3. The van der Waals surface area contributed by atoms with E-state index in [1.54, 1.807) is 12.1 Å². The van der Waals surface area contributed by atoms with E-state index >= 15 is 0 Å². The molecule has 0 aromatic heterocycles. The molecule has 166 valence electrons. The number of rotatable bonds is 7. The number of carbonyl (C=O) groups is 1. The maximum absolute atomic E-state index is 13.4. The number of benzene rings is 2. The summed E-state index contributed by atoms with van der Waals surface area (Å²) in [5.74, 6) is 0.340. The number of ether oxygens (including phenoxy) is 3. The van der Waals surface area contributed by atoms with Crippen LogP contribution in [-0.2, 0) is 26.0 Å². The van der Waals surface area contributed by atoms with Crippen LogP contribution in [0.5, 0.6) is 11.5 Å². The molecule has 0 saturated heterocycles. The number of carbonyl (C=O) groups excluding carboxylic acids is 1. The summed E-state index contributed by atoms with van der Waals surface area (Å²) in [6, 6.07) is 7.24. The van der Waals surface area contributed by atoms with Gasteiger partial charge in [-0.1, -0.05) is 0 Å². The van der Waals surface area contributed by atoms with E-state index < -0.39 is 27.0 Å². The van der Waals surface area contributed by atoms with E-state index in [1.807, 2.05) is 0 Å². The highest BCUT2D eigenvalue weighted by molar-refractivity contribution is 7.89. The van der Waals surface area contributed by atoms with Gasteiger partial charge in [0.25, 0.3) is 5.69 Å². The van der Waals surface area contributed by atoms with Crippen LogP contribution in [0.2, 0.25) is 0 Å². The lowest BCUT2D eigenvalue weighted by atomic mass is 9.91. The Morgan fingerprint density at radius 1 is 1.13 bits per heavy atom. The molecule has 31 heavy (non-hydrogen) atoms. The van der Waals surface area contributed by atoms with Crippen LogP contribution < -0.4 is 9.47 Å². The van der Waals surface area contributed by atoms with E-state index in [0.717, 1.165) is 17.7 Å². The SMILES string of the molecule is COC(=O)CC1c2cc(OC)c(OC)cc2CCN1S(=O)(=O)c1ccc([N+](=O)[O-])cc1. The average molecular weight is 450 g/mol. The molecule has 1 heterocycles. The van der Waals surface area contributed by atoms with Gasteiger partial charge in [-0.15, -0.1) is 0 Å². The first-order valence-electron chi connectivity index (χ1n) is 9.30. The van der Waals surface area contributed by atoms with E-state index in [9.17, 15) is 23.3 Å². The van der Waals surface area contributed by atoms with Gasteiger partial charge in [0.15, 0.2) is 11.5 Å². The van der Waals surface area contributed by atoms with Crippen molar-refractivity contribution in [3.63, 3.8) is 0 Å². The minimum absolute atomic E-state index is 0.100. The summed E-state index contributed by atoms with van der Waals surface area (Å²) in [5, 5.41) is 10.9. The number of fused-ring (bicyclic) bond motifs is 1. The Bertz CT molecular complexity index is 1100. The lowest BCUT2D eigenvalue weighted by Crippen LogP contribution is -2.41. The van der Waals surface area contributed by atoms with Gasteiger partial charge < -0.3 is 14.2 Å². The highest BCUT2D eigenvalue weighted by atomic mass is 32.2. The fourth-order valence-electron chi connectivity index (χ4n) is 3.62. The van der Waals surface area contributed by atoms with E-state index in [-0.39, 0.29) is 23.5 Å². The molecule has 11 heteroatoms. The Balaban J connectivity index is 2.09. The quantitative estimate of drug-likeness (QED) is 0.358. The fourth-order valence-corrected chi connectivity index (χ4v) is 5.23. The molecule has 2 aromatic carbocycles. The molecule has 0 saturated carbocycles. The molecule has 0 radical (unpaired) electrons. The van der Waals surface area contributed by atoms with Gasteiger partial charge in [-0.2, -0.15) is 4.31 Å². The van der Waals surface area contributed by atoms with E-state index in [1.165, 1.54) is 37.8 Å². The number of esters is 1. The van der Waals surface area contributed by atoms with Crippen LogP contribution in [0.3, 0.4) is 0 Å². The van der Waals surface area contributed by atoms with Crippen molar-refractivity contribution in [2.24, 2.45) is 0 Å². The van der Waals surface area contributed by atoms with E-state index in [0.29, 0.717) is 23.5 Å². The topological polar surface area (TPSA) is 125 Å². The number of non-ortho nitro benzene ring substituents is 1. The van der Waals surface area contributed by atoms with Crippen molar-refractivity contribution in [3.05, 3.63) is 57.6 Å². The lowest BCUT2D eigenvalue weighted by Gasteiger charge is -2.36. The van der Waals surface area contributed by atoms with Crippen LogP contribution in [-0.4, -0.2) is 51.5 Å². The first kappa shape index (κ1) is 22.5. The second kappa shape index (κ2) is 8.90. The first-order valence-corrected chi connectivity index (χ1v) is 10.7. The van der Waals surface area contributed by atoms with Crippen molar-refractivity contribution in [1.82, 2.24) is 4.31 Å². The molecular formula is C20H22N2O8S. The van der Waals surface area contributed by atoms with Gasteiger partial charge in [0.1, 0.15) is 0 Å². The van der Waals surface area contributed by atoms with Crippen molar-refractivity contribution in [2.45, 2.75) is 23.8 Å². The number of nitro benzene ring substituents is 1. The summed E-state index contributed by atoms with van der Waals surface area (Å²) in [6.45, 7) is 0.115. The third-order valence-electron chi connectivity index (χ3n) is 5.20. The Morgan fingerprint density at radius 2 is 1.74 bits per heavy atom. The molecule has 1 atom stereocenters. The number of nitro groups is 1. The zero-order valence-electron chi connectivity index (χ0n) is 17.2. The van der Waals surface area contributed by atoms with Crippen LogP contribution >= 0.6 is 0 Å². The van der Waals surface area contributed by atoms with Gasteiger partial charge in [-0.05, 0) is 41.8 Å². The normalized spacial score (nSPS) is 16.3. The first-order chi connectivity index (χ1) is 14.7. The Labute approximate surface area is 179 Å². The third kappa shape index (κ3) is 4.32. The molecule has 0 spiro atoms. The summed E-state index contributed by atoms with van der Waals surface area (Å²) in [6.07, 6.45) is 0.185. The third-order valence-corrected chi connectivity index (χ3v) is 7.12. The number of nitrogens with zero attached hydrogens (tertiary/aromatic N) is 2. The summed E-state index contributed by atoms with van der Waals surface area (Å²) in [7, 11) is 0.148. The maximum Gasteiger partial charge on any atom is 0.307 e. The largest absolute Gasteiger partial charge is 0.493 e. The minimum Gasteiger partial charge on any atom is -0.493 e. The van der Waals surface area contributed by atoms with Crippen LogP contribution in [0, 0.1) is 10.1 Å². The fraction of sp³-hybridized carbons (Fsp3) is 0.350. The van der Waals surface area contributed by atoms with Gasteiger partial charge in [-0.25, -0.2) is 8.42 Å². The summed E-state index contributed by atoms with van der Waals surface area (Å²) < 4.78 is 43.5. The van der Waals surface area contributed by atoms with Gasteiger partial charge >= 0.3 is 5.97 Å². The Morgan fingerprint density at radius 3 is 2.29 bits per heavy atom. The van der Waals surface area contributed by atoms with Crippen LogP contribution in [0.4, 0.5) is 5.69 Å². The highest BCUT2D eigenvalue weighted by Crippen LogP contribution is 2.41. The van der Waals surface area contributed by atoms with Gasteiger partial charge in [0.05, 0.1) is 43.6 Å². The number of hydrogen-bond donors (Lipinski definition) is 0. The van der Waals surface area contributed by atoms with Crippen molar-refractivity contribution < 1.29 is 32.3 Å². The van der Waals surface area contributed by atoms with Gasteiger partial charge in [-0.3, -0.25) is 14.9 Å².